The molecule has 3 heterocycles. The summed E-state index contributed by atoms with van der Waals surface area (Å²) in [5.74, 6) is 1.20. The quantitative estimate of drug-likeness (QED) is 0.143. The van der Waals surface area contributed by atoms with Crippen LogP contribution in [0.2, 0.25) is 0 Å². The number of nitrogens with zero attached hydrogens (tertiary/aromatic N) is 2. The number of rotatable bonds is 5. The first-order valence-electron chi connectivity index (χ1n) is 11.4. The van der Waals surface area contributed by atoms with E-state index in [4.69, 9.17) is 26.4 Å². The van der Waals surface area contributed by atoms with E-state index in [1.807, 2.05) is 24.3 Å². The molecule has 5 rings (SSSR count). The molecule has 8 heteroatoms. The summed E-state index contributed by atoms with van der Waals surface area (Å²) in [7, 11) is 0. The van der Waals surface area contributed by atoms with E-state index in [-0.39, 0.29) is 11.4 Å². The number of halogens is 1. The van der Waals surface area contributed by atoms with Crippen molar-refractivity contribution in [3.8, 4) is 0 Å². The number of thioether (sulfide) groups is 1. The number of aromatic nitrogens is 2. The minimum Gasteiger partial charge on any atom is -0.440 e. The number of ketones is 1. The number of carbonyl (C=O) groups is 1. The SMILES string of the molecule is CC1(C)Cc2c(oc3nc(SCC(=O)c4ccc(Br)cc4)n(C4CCCCC4)c(=S)c23)CO1. The Morgan fingerprint density at radius 1 is 1.24 bits per heavy atom. The first-order chi connectivity index (χ1) is 15.8. The van der Waals surface area contributed by atoms with Crippen LogP contribution in [0.4, 0.5) is 0 Å². The van der Waals surface area contributed by atoms with Gasteiger partial charge in [0.25, 0.3) is 0 Å². The summed E-state index contributed by atoms with van der Waals surface area (Å²) in [5, 5.41) is 1.72. The molecule has 0 radical (unpaired) electrons. The minimum atomic E-state index is -0.258. The lowest BCUT2D eigenvalue weighted by atomic mass is 9.93. The highest BCUT2D eigenvalue weighted by atomic mass is 79.9. The van der Waals surface area contributed by atoms with E-state index in [2.05, 4.69) is 34.3 Å². The normalized spacial score (nSPS) is 18.4. The summed E-state index contributed by atoms with van der Waals surface area (Å²) in [4.78, 5) is 17.8. The molecule has 1 saturated carbocycles. The molecule has 33 heavy (non-hydrogen) atoms. The molecule has 3 aromatic rings. The fourth-order valence-electron chi connectivity index (χ4n) is 4.80. The molecule has 1 fully saturated rings. The van der Waals surface area contributed by atoms with E-state index >= 15 is 0 Å². The lowest BCUT2D eigenvalue weighted by Crippen LogP contribution is -2.31. The number of furan rings is 1. The molecule has 0 atom stereocenters. The molecule has 0 bridgehead atoms. The fourth-order valence-corrected chi connectivity index (χ4v) is 6.52. The summed E-state index contributed by atoms with van der Waals surface area (Å²) in [6, 6.07) is 7.79. The summed E-state index contributed by atoms with van der Waals surface area (Å²) >= 11 is 11.0. The van der Waals surface area contributed by atoms with Gasteiger partial charge in [0.2, 0.25) is 5.71 Å². The van der Waals surface area contributed by atoms with Gasteiger partial charge in [-0.05, 0) is 38.8 Å². The van der Waals surface area contributed by atoms with Crippen molar-refractivity contribution in [2.45, 2.75) is 75.8 Å². The smallest absolute Gasteiger partial charge is 0.232 e. The van der Waals surface area contributed by atoms with Crippen LogP contribution < -0.4 is 0 Å². The fraction of sp³-hybridized carbons (Fsp3) is 0.480. The van der Waals surface area contributed by atoms with Gasteiger partial charge in [0, 0.05) is 28.1 Å². The average molecular weight is 548 g/mol. The number of benzene rings is 1. The largest absolute Gasteiger partial charge is 0.440 e. The molecule has 2 aromatic heterocycles. The Morgan fingerprint density at radius 2 is 1.97 bits per heavy atom. The molecule has 0 unspecified atom stereocenters. The molecule has 1 aliphatic carbocycles. The van der Waals surface area contributed by atoms with Gasteiger partial charge in [-0.25, -0.2) is 0 Å². The topological polar surface area (TPSA) is 57.3 Å². The maximum absolute atomic E-state index is 12.9. The third kappa shape index (κ3) is 4.72. The van der Waals surface area contributed by atoms with Crippen molar-refractivity contribution in [2.24, 2.45) is 0 Å². The zero-order valence-corrected chi connectivity index (χ0v) is 22.1. The van der Waals surface area contributed by atoms with Crippen molar-refractivity contribution in [2.75, 3.05) is 5.75 Å². The molecule has 2 aliphatic rings. The van der Waals surface area contributed by atoms with Crippen LogP contribution in [0.5, 0.6) is 0 Å². The monoisotopic (exact) mass is 546 g/mol. The zero-order valence-electron chi connectivity index (χ0n) is 18.9. The second kappa shape index (κ2) is 9.29. The maximum atomic E-state index is 12.9. The van der Waals surface area contributed by atoms with Gasteiger partial charge in [0.05, 0.1) is 16.7 Å². The Morgan fingerprint density at radius 3 is 2.70 bits per heavy atom. The number of hydrogen-bond donors (Lipinski definition) is 0. The predicted molar refractivity (Wildman–Crippen MR) is 137 cm³/mol. The molecule has 0 amide bonds. The third-order valence-electron chi connectivity index (χ3n) is 6.54. The molecule has 0 spiro atoms. The van der Waals surface area contributed by atoms with Gasteiger partial charge in [-0.2, -0.15) is 4.98 Å². The second-order valence-corrected chi connectivity index (χ2v) is 11.7. The van der Waals surface area contributed by atoms with Gasteiger partial charge >= 0.3 is 0 Å². The van der Waals surface area contributed by atoms with E-state index < -0.39 is 0 Å². The van der Waals surface area contributed by atoms with Gasteiger partial charge in [-0.15, -0.1) is 0 Å². The van der Waals surface area contributed by atoms with Crippen molar-refractivity contribution in [3.63, 3.8) is 0 Å². The predicted octanol–water partition coefficient (Wildman–Crippen LogP) is 7.45. The van der Waals surface area contributed by atoms with E-state index in [0.717, 1.165) is 50.2 Å². The van der Waals surface area contributed by atoms with Crippen molar-refractivity contribution in [1.29, 1.82) is 0 Å². The maximum Gasteiger partial charge on any atom is 0.232 e. The van der Waals surface area contributed by atoms with Crippen molar-refractivity contribution >= 4 is 56.8 Å². The summed E-state index contributed by atoms with van der Waals surface area (Å²) in [6.07, 6.45) is 6.57. The molecule has 174 valence electrons. The highest BCUT2D eigenvalue weighted by Crippen LogP contribution is 2.39. The minimum absolute atomic E-state index is 0.0735. The Hall–Kier alpha value is -1.48. The van der Waals surface area contributed by atoms with Gasteiger partial charge in [0.1, 0.15) is 17.0 Å². The Bertz CT molecular complexity index is 1260. The molecular formula is C25H27BrN2O3S2. The van der Waals surface area contributed by atoms with Crippen LogP contribution in [0, 0.1) is 4.64 Å². The molecule has 0 saturated heterocycles. The summed E-state index contributed by atoms with van der Waals surface area (Å²) in [6.45, 7) is 4.62. The van der Waals surface area contributed by atoms with Crippen LogP contribution in [0.1, 0.15) is 73.7 Å². The highest BCUT2D eigenvalue weighted by Gasteiger charge is 2.33. The first-order valence-corrected chi connectivity index (χ1v) is 13.6. The van der Waals surface area contributed by atoms with Crippen LogP contribution in [0.15, 0.2) is 38.3 Å². The Kier molecular flexibility index (Phi) is 6.55. The van der Waals surface area contributed by atoms with Crippen LogP contribution in [0.3, 0.4) is 0 Å². The number of carbonyl (C=O) groups excluding carboxylic acids is 1. The molecule has 5 nitrogen and oxygen atoms in total. The number of Topliss-reactive ketones (excluding diaryl/α,β-unsaturated/α-hetero) is 1. The molecular weight excluding hydrogens is 520 g/mol. The van der Waals surface area contributed by atoms with Crippen LogP contribution in [-0.2, 0) is 17.8 Å². The Balaban J connectivity index is 1.54. The van der Waals surface area contributed by atoms with Crippen LogP contribution in [0.25, 0.3) is 11.1 Å². The van der Waals surface area contributed by atoms with Gasteiger partial charge in [-0.1, -0.05) is 71.3 Å². The molecule has 1 aromatic carbocycles. The lowest BCUT2D eigenvalue weighted by molar-refractivity contribution is -0.0476. The highest BCUT2D eigenvalue weighted by molar-refractivity contribution is 9.10. The van der Waals surface area contributed by atoms with Crippen LogP contribution >= 0.6 is 39.9 Å². The van der Waals surface area contributed by atoms with E-state index in [1.54, 1.807) is 0 Å². The van der Waals surface area contributed by atoms with E-state index in [1.165, 1.54) is 31.0 Å². The van der Waals surface area contributed by atoms with Crippen molar-refractivity contribution in [1.82, 2.24) is 9.55 Å². The van der Waals surface area contributed by atoms with E-state index in [9.17, 15) is 4.79 Å². The number of ether oxygens (including phenoxy) is 1. The standard InChI is InChI=1S/C25H27BrN2O3S2/c1-25(2)12-18-20(13-30-25)31-22-21(18)23(32)28(17-6-4-3-5-7-17)24(27-22)33-14-19(29)15-8-10-16(26)11-9-15/h8-11,17H,3-7,12-14H2,1-2H3. The van der Waals surface area contributed by atoms with Crippen LogP contribution in [-0.4, -0.2) is 26.7 Å². The second-order valence-electron chi connectivity index (χ2n) is 9.49. The number of hydrogen-bond acceptors (Lipinski definition) is 6. The average Bonchev–Trinajstić information content (AvgIpc) is 3.15. The molecule has 0 N–H and O–H groups in total. The van der Waals surface area contributed by atoms with Gasteiger partial charge < -0.3 is 13.7 Å². The Labute approximate surface area is 211 Å². The number of fused-ring (bicyclic) bond motifs is 3. The first kappa shape index (κ1) is 23.3. The van der Waals surface area contributed by atoms with E-state index in [0.29, 0.717) is 29.7 Å². The summed E-state index contributed by atoms with van der Waals surface area (Å²) < 4.78 is 16.1. The van der Waals surface area contributed by atoms with Gasteiger partial charge in [-0.3, -0.25) is 4.79 Å². The summed E-state index contributed by atoms with van der Waals surface area (Å²) in [5.41, 5.74) is 2.14. The van der Waals surface area contributed by atoms with Gasteiger partial charge in [0.15, 0.2) is 10.9 Å². The van der Waals surface area contributed by atoms with Crippen molar-refractivity contribution in [3.05, 3.63) is 50.3 Å². The molecule has 1 aliphatic heterocycles. The lowest BCUT2D eigenvalue weighted by Gasteiger charge is -2.29. The third-order valence-corrected chi connectivity index (χ3v) is 8.43. The zero-order chi connectivity index (χ0) is 23.2. The van der Waals surface area contributed by atoms with Crippen molar-refractivity contribution < 1.29 is 13.9 Å².